The molecule has 1 heterocycles. The van der Waals surface area contributed by atoms with E-state index in [1.54, 1.807) is 0 Å². The van der Waals surface area contributed by atoms with Crippen molar-refractivity contribution in [1.29, 1.82) is 0 Å². The minimum atomic E-state index is -3.98. The molecule has 0 fully saturated rings. The predicted molar refractivity (Wildman–Crippen MR) is 90.1 cm³/mol. The maximum atomic E-state index is 12.0. The first kappa shape index (κ1) is 20.2. The van der Waals surface area contributed by atoms with Crippen molar-refractivity contribution in [2.75, 3.05) is 6.54 Å². The molecule has 0 aliphatic heterocycles. The van der Waals surface area contributed by atoms with Crippen LogP contribution in [0.2, 0.25) is 8.67 Å². The monoisotopic (exact) mass is 401 g/mol. The summed E-state index contributed by atoms with van der Waals surface area (Å²) < 4.78 is 26.4. The molecule has 1 aromatic heterocycles. The number of thiophene rings is 1. The van der Waals surface area contributed by atoms with Crippen LogP contribution in [0, 0.1) is 5.92 Å². The van der Waals surface area contributed by atoms with Crippen LogP contribution < -0.4 is 15.8 Å². The molecule has 0 spiro atoms. The van der Waals surface area contributed by atoms with Gasteiger partial charge in [-0.2, -0.15) is 0 Å². The summed E-state index contributed by atoms with van der Waals surface area (Å²) in [6, 6.07) is 0.339. The zero-order valence-electron chi connectivity index (χ0n) is 12.4. The molecule has 0 radical (unpaired) electrons. The number of rotatable bonds is 8. The summed E-state index contributed by atoms with van der Waals surface area (Å²) in [6.07, 6.45) is 0.361. The lowest BCUT2D eigenvalue weighted by Crippen LogP contribution is -2.48. The van der Waals surface area contributed by atoms with E-state index in [1.165, 1.54) is 6.07 Å². The van der Waals surface area contributed by atoms with E-state index in [0.717, 1.165) is 11.3 Å². The number of nitrogens with two attached hydrogens (primary N) is 1. The van der Waals surface area contributed by atoms with E-state index in [2.05, 4.69) is 10.0 Å². The SMILES string of the molecule is CC(C)CC(NC(=O)CNS(=O)(=O)c1cc(Cl)sc1Cl)C(N)=O. The van der Waals surface area contributed by atoms with Crippen molar-refractivity contribution >= 4 is 56.4 Å². The number of primary amides is 1. The molecule has 0 aliphatic rings. The van der Waals surface area contributed by atoms with Crippen LogP contribution in [0.25, 0.3) is 0 Å². The molecule has 4 N–H and O–H groups in total. The molecular weight excluding hydrogens is 385 g/mol. The fraction of sp³-hybridized carbons (Fsp3) is 0.500. The van der Waals surface area contributed by atoms with Crippen LogP contribution in [0.5, 0.6) is 0 Å². The van der Waals surface area contributed by atoms with Gasteiger partial charge in [0.25, 0.3) is 0 Å². The summed E-state index contributed by atoms with van der Waals surface area (Å²) in [5.41, 5.74) is 5.21. The first-order chi connectivity index (χ1) is 10.5. The second-order valence-electron chi connectivity index (χ2n) is 5.17. The van der Waals surface area contributed by atoms with Crippen molar-refractivity contribution in [3.05, 3.63) is 14.7 Å². The summed E-state index contributed by atoms with van der Waals surface area (Å²) in [6.45, 7) is 3.19. The van der Waals surface area contributed by atoms with Crippen molar-refractivity contribution < 1.29 is 18.0 Å². The largest absolute Gasteiger partial charge is 0.368 e. The Hall–Kier alpha value is -0.870. The smallest absolute Gasteiger partial charge is 0.243 e. The summed E-state index contributed by atoms with van der Waals surface area (Å²) in [5, 5.41) is 2.39. The molecule has 1 atom stereocenters. The second-order valence-corrected chi connectivity index (χ2v) is 9.19. The highest BCUT2D eigenvalue weighted by atomic mass is 35.5. The third-order valence-corrected chi connectivity index (χ3v) is 5.88. The normalized spacial score (nSPS) is 13.1. The Labute approximate surface area is 148 Å². The highest BCUT2D eigenvalue weighted by Gasteiger charge is 2.23. The van der Waals surface area contributed by atoms with Gasteiger partial charge in [0, 0.05) is 0 Å². The van der Waals surface area contributed by atoms with Gasteiger partial charge in [0.1, 0.15) is 15.3 Å². The van der Waals surface area contributed by atoms with E-state index in [-0.39, 0.29) is 19.5 Å². The molecule has 11 heteroatoms. The zero-order valence-corrected chi connectivity index (χ0v) is 15.6. The quantitative estimate of drug-likeness (QED) is 0.608. The summed E-state index contributed by atoms with van der Waals surface area (Å²) in [7, 11) is -3.98. The Morgan fingerprint density at radius 1 is 1.35 bits per heavy atom. The molecule has 1 unspecified atom stereocenters. The van der Waals surface area contributed by atoms with Gasteiger partial charge in [0.15, 0.2) is 0 Å². The van der Waals surface area contributed by atoms with Gasteiger partial charge in [-0.15, -0.1) is 11.3 Å². The summed E-state index contributed by atoms with van der Waals surface area (Å²) in [5.74, 6) is -1.21. The Kier molecular flexibility index (Phi) is 7.28. The number of sulfonamides is 1. The van der Waals surface area contributed by atoms with E-state index in [4.69, 9.17) is 28.9 Å². The van der Waals surface area contributed by atoms with Crippen molar-refractivity contribution in [3.8, 4) is 0 Å². The fourth-order valence-electron chi connectivity index (χ4n) is 1.71. The highest BCUT2D eigenvalue weighted by Crippen LogP contribution is 2.33. The molecule has 1 rings (SSSR count). The average molecular weight is 402 g/mol. The minimum Gasteiger partial charge on any atom is -0.368 e. The van der Waals surface area contributed by atoms with Crippen LogP contribution in [0.15, 0.2) is 11.0 Å². The molecule has 0 saturated carbocycles. The van der Waals surface area contributed by atoms with Crippen molar-refractivity contribution in [2.24, 2.45) is 11.7 Å². The number of halogens is 2. The van der Waals surface area contributed by atoms with E-state index < -0.39 is 34.4 Å². The van der Waals surface area contributed by atoms with E-state index >= 15 is 0 Å². The predicted octanol–water partition coefficient (Wildman–Crippen LogP) is 1.35. The number of hydrogen-bond acceptors (Lipinski definition) is 5. The molecule has 130 valence electrons. The van der Waals surface area contributed by atoms with Crippen molar-refractivity contribution in [1.82, 2.24) is 10.0 Å². The van der Waals surface area contributed by atoms with Gasteiger partial charge < -0.3 is 11.1 Å². The van der Waals surface area contributed by atoms with Gasteiger partial charge in [-0.3, -0.25) is 9.59 Å². The Morgan fingerprint density at radius 3 is 2.39 bits per heavy atom. The van der Waals surface area contributed by atoms with Gasteiger partial charge in [-0.25, -0.2) is 13.1 Å². The number of carbonyl (C=O) groups is 2. The maximum absolute atomic E-state index is 12.0. The maximum Gasteiger partial charge on any atom is 0.243 e. The van der Waals surface area contributed by atoms with E-state index in [0.29, 0.717) is 6.42 Å². The van der Waals surface area contributed by atoms with Crippen LogP contribution in [0.4, 0.5) is 0 Å². The van der Waals surface area contributed by atoms with Crippen LogP contribution in [-0.4, -0.2) is 32.8 Å². The lowest BCUT2D eigenvalue weighted by Gasteiger charge is -2.17. The molecular formula is C12H17Cl2N3O4S2. The Bertz CT molecular complexity index is 688. The van der Waals surface area contributed by atoms with Crippen molar-refractivity contribution in [3.63, 3.8) is 0 Å². The number of nitrogens with one attached hydrogen (secondary N) is 2. The van der Waals surface area contributed by atoms with Gasteiger partial charge in [-0.05, 0) is 18.4 Å². The second kappa shape index (κ2) is 8.29. The molecule has 1 aromatic rings. The van der Waals surface area contributed by atoms with E-state index in [1.807, 2.05) is 13.8 Å². The van der Waals surface area contributed by atoms with Gasteiger partial charge in [0.2, 0.25) is 21.8 Å². The Morgan fingerprint density at radius 2 is 1.96 bits per heavy atom. The number of amides is 2. The van der Waals surface area contributed by atoms with Gasteiger partial charge in [0.05, 0.1) is 10.9 Å². The fourth-order valence-corrected chi connectivity index (χ4v) is 4.84. The number of carbonyl (C=O) groups excluding carboxylic acids is 2. The van der Waals surface area contributed by atoms with Crippen LogP contribution in [0.3, 0.4) is 0 Å². The zero-order chi connectivity index (χ0) is 17.8. The first-order valence-corrected chi connectivity index (χ1v) is 9.61. The van der Waals surface area contributed by atoms with Gasteiger partial charge in [-0.1, -0.05) is 37.0 Å². The van der Waals surface area contributed by atoms with E-state index in [9.17, 15) is 18.0 Å². The van der Waals surface area contributed by atoms with Crippen LogP contribution in [-0.2, 0) is 19.6 Å². The standard InChI is InChI=1S/C12H17Cl2N3O4S2/c1-6(2)3-7(12(15)19)17-10(18)5-16-23(20,21)8-4-9(13)22-11(8)14/h4,6-7,16H,3,5H2,1-2H3,(H2,15,19)(H,17,18). The minimum absolute atomic E-state index is 0.00210. The molecule has 23 heavy (non-hydrogen) atoms. The van der Waals surface area contributed by atoms with Gasteiger partial charge >= 0.3 is 0 Å². The molecule has 7 nitrogen and oxygen atoms in total. The highest BCUT2D eigenvalue weighted by molar-refractivity contribution is 7.89. The van der Waals surface area contributed by atoms with Crippen molar-refractivity contribution in [2.45, 2.75) is 31.2 Å². The molecule has 0 aliphatic carbocycles. The summed E-state index contributed by atoms with van der Waals surface area (Å²) >= 11 is 12.4. The number of hydrogen-bond donors (Lipinski definition) is 3. The topological polar surface area (TPSA) is 118 Å². The average Bonchev–Trinajstić information content (AvgIpc) is 2.75. The van der Waals surface area contributed by atoms with Crippen LogP contribution >= 0.6 is 34.5 Å². The lowest BCUT2D eigenvalue weighted by atomic mass is 10.0. The summed E-state index contributed by atoms with van der Waals surface area (Å²) in [4.78, 5) is 22.9. The first-order valence-electron chi connectivity index (χ1n) is 6.56. The third kappa shape index (κ3) is 6.27. The molecule has 0 bridgehead atoms. The molecule has 0 aromatic carbocycles. The molecule has 0 saturated heterocycles. The van der Waals surface area contributed by atoms with Crippen LogP contribution in [0.1, 0.15) is 20.3 Å². The third-order valence-electron chi connectivity index (χ3n) is 2.72. The molecule has 2 amide bonds. The lowest BCUT2D eigenvalue weighted by molar-refractivity contribution is -0.127. The Balaban J connectivity index is 2.68.